The smallest absolute Gasteiger partial charge is 0.297 e. The molecule has 0 atom stereocenters. The zero-order chi connectivity index (χ0) is 10.7. The molecule has 80 valence electrons. The number of pyridine rings is 1. The van der Waals surface area contributed by atoms with Crippen molar-refractivity contribution in [2.75, 3.05) is 18.5 Å². The predicted octanol–water partition coefficient (Wildman–Crippen LogP) is 1.41. The highest BCUT2D eigenvalue weighted by Crippen LogP contribution is 2.21. The lowest BCUT2D eigenvalue weighted by atomic mass is 10.4. The fraction of sp³-hybridized carbons (Fsp3) is 0.444. The highest BCUT2D eigenvalue weighted by atomic mass is 16.6. The van der Waals surface area contributed by atoms with Crippen LogP contribution in [0.15, 0.2) is 18.3 Å². The van der Waals surface area contributed by atoms with Crippen molar-refractivity contribution in [1.29, 1.82) is 0 Å². The minimum Gasteiger partial charge on any atom is -0.297 e. The van der Waals surface area contributed by atoms with Gasteiger partial charge in [0.2, 0.25) is 5.82 Å². The van der Waals surface area contributed by atoms with Gasteiger partial charge in [-0.2, -0.15) is 0 Å². The number of nitrogens with one attached hydrogen (secondary N) is 1. The molecule has 0 radical (unpaired) electrons. The quantitative estimate of drug-likeness (QED) is 0.600. The molecular weight excluding hydrogens is 196 g/mol. The molecular formula is C9H12N4O2. The van der Waals surface area contributed by atoms with E-state index in [-0.39, 0.29) is 5.69 Å². The van der Waals surface area contributed by atoms with E-state index in [1.54, 1.807) is 12.3 Å². The van der Waals surface area contributed by atoms with Crippen molar-refractivity contribution in [1.82, 2.24) is 9.99 Å². The summed E-state index contributed by atoms with van der Waals surface area (Å²) in [6.07, 6.45) is 3.78. The number of rotatable bonds is 3. The molecule has 0 amide bonds. The summed E-state index contributed by atoms with van der Waals surface area (Å²) < 4.78 is 0. The van der Waals surface area contributed by atoms with Crippen molar-refractivity contribution in [3.05, 3.63) is 28.4 Å². The SMILES string of the molecule is O=[N+]([O-])c1cccnc1NN1CCCC1. The van der Waals surface area contributed by atoms with Crippen LogP contribution in [0.25, 0.3) is 0 Å². The number of aromatic nitrogens is 1. The molecule has 1 aromatic rings. The van der Waals surface area contributed by atoms with E-state index in [2.05, 4.69) is 10.4 Å². The van der Waals surface area contributed by atoms with Crippen LogP contribution in [-0.2, 0) is 0 Å². The first-order chi connectivity index (χ1) is 7.27. The first-order valence-corrected chi connectivity index (χ1v) is 4.88. The summed E-state index contributed by atoms with van der Waals surface area (Å²) in [5.41, 5.74) is 2.99. The van der Waals surface area contributed by atoms with E-state index in [0.29, 0.717) is 5.82 Å². The van der Waals surface area contributed by atoms with E-state index in [0.717, 1.165) is 25.9 Å². The minimum absolute atomic E-state index is 0.0180. The molecule has 2 heterocycles. The number of nitrogens with zero attached hydrogens (tertiary/aromatic N) is 3. The number of hydrogen-bond acceptors (Lipinski definition) is 5. The van der Waals surface area contributed by atoms with Crippen LogP contribution in [0.1, 0.15) is 12.8 Å². The fourth-order valence-corrected chi connectivity index (χ4v) is 1.61. The van der Waals surface area contributed by atoms with E-state index in [9.17, 15) is 10.1 Å². The van der Waals surface area contributed by atoms with Crippen LogP contribution in [0.2, 0.25) is 0 Å². The minimum atomic E-state index is -0.425. The second-order valence-electron chi connectivity index (χ2n) is 3.43. The first-order valence-electron chi connectivity index (χ1n) is 4.88. The third kappa shape index (κ3) is 2.21. The standard InChI is InChI=1S/C9H12N4O2/c14-13(15)8-4-3-5-10-9(8)11-12-6-1-2-7-12/h3-5H,1-2,6-7H2,(H,10,11). The maximum Gasteiger partial charge on any atom is 0.312 e. The van der Waals surface area contributed by atoms with Gasteiger partial charge >= 0.3 is 5.69 Å². The van der Waals surface area contributed by atoms with E-state index in [1.165, 1.54) is 6.07 Å². The Kier molecular flexibility index (Phi) is 2.77. The molecule has 6 heteroatoms. The van der Waals surface area contributed by atoms with Crippen LogP contribution >= 0.6 is 0 Å². The highest BCUT2D eigenvalue weighted by Gasteiger charge is 2.18. The van der Waals surface area contributed by atoms with Gasteiger partial charge in [0, 0.05) is 25.4 Å². The van der Waals surface area contributed by atoms with Gasteiger partial charge in [0.05, 0.1) is 4.92 Å². The lowest BCUT2D eigenvalue weighted by Gasteiger charge is -2.16. The summed E-state index contributed by atoms with van der Waals surface area (Å²) >= 11 is 0. The van der Waals surface area contributed by atoms with Crippen molar-refractivity contribution in [2.24, 2.45) is 0 Å². The van der Waals surface area contributed by atoms with Crippen LogP contribution in [0.5, 0.6) is 0 Å². The Labute approximate surface area is 87.0 Å². The maximum atomic E-state index is 10.7. The molecule has 0 bridgehead atoms. The van der Waals surface area contributed by atoms with Gasteiger partial charge in [-0.1, -0.05) is 0 Å². The van der Waals surface area contributed by atoms with E-state index in [1.807, 2.05) is 5.01 Å². The summed E-state index contributed by atoms with van der Waals surface area (Å²) in [5.74, 6) is 0.324. The van der Waals surface area contributed by atoms with Gasteiger partial charge in [-0.05, 0) is 18.9 Å². The van der Waals surface area contributed by atoms with Crippen LogP contribution in [-0.4, -0.2) is 28.0 Å². The molecule has 1 N–H and O–H groups in total. The van der Waals surface area contributed by atoms with Crippen LogP contribution in [0.3, 0.4) is 0 Å². The number of hydrazine groups is 1. The normalized spacial score (nSPS) is 16.5. The van der Waals surface area contributed by atoms with E-state index < -0.39 is 4.92 Å². The lowest BCUT2D eigenvalue weighted by Crippen LogP contribution is -2.27. The van der Waals surface area contributed by atoms with Gasteiger partial charge in [-0.3, -0.25) is 15.5 Å². The highest BCUT2D eigenvalue weighted by molar-refractivity contribution is 5.54. The lowest BCUT2D eigenvalue weighted by molar-refractivity contribution is -0.384. The third-order valence-electron chi connectivity index (χ3n) is 2.35. The van der Waals surface area contributed by atoms with Crippen LogP contribution < -0.4 is 5.43 Å². The molecule has 0 unspecified atom stereocenters. The number of nitro groups is 1. The molecule has 6 nitrogen and oxygen atoms in total. The Balaban J connectivity index is 2.15. The molecule has 1 aromatic heterocycles. The Bertz CT molecular complexity index is 363. The largest absolute Gasteiger partial charge is 0.312 e. The molecule has 0 aliphatic carbocycles. The molecule has 1 fully saturated rings. The molecule has 1 saturated heterocycles. The zero-order valence-electron chi connectivity index (χ0n) is 8.22. The topological polar surface area (TPSA) is 71.3 Å². The summed E-state index contributed by atoms with van der Waals surface area (Å²) in [6, 6.07) is 3.01. The third-order valence-corrected chi connectivity index (χ3v) is 2.35. The van der Waals surface area contributed by atoms with Crippen molar-refractivity contribution in [3.8, 4) is 0 Å². The zero-order valence-corrected chi connectivity index (χ0v) is 8.22. The molecule has 0 aromatic carbocycles. The summed E-state index contributed by atoms with van der Waals surface area (Å²) in [7, 11) is 0. The Morgan fingerprint density at radius 3 is 2.87 bits per heavy atom. The van der Waals surface area contributed by atoms with Gasteiger partial charge < -0.3 is 0 Å². The van der Waals surface area contributed by atoms with Crippen molar-refractivity contribution in [3.63, 3.8) is 0 Å². The van der Waals surface area contributed by atoms with E-state index in [4.69, 9.17) is 0 Å². The number of hydrogen-bond donors (Lipinski definition) is 1. The molecule has 0 saturated carbocycles. The molecule has 1 aliphatic heterocycles. The monoisotopic (exact) mass is 208 g/mol. The maximum absolute atomic E-state index is 10.7. The summed E-state index contributed by atoms with van der Waals surface area (Å²) in [4.78, 5) is 14.2. The summed E-state index contributed by atoms with van der Waals surface area (Å²) in [5, 5.41) is 12.7. The molecule has 15 heavy (non-hydrogen) atoms. The average molecular weight is 208 g/mol. The molecule has 1 aliphatic rings. The molecule has 2 rings (SSSR count). The molecule has 0 spiro atoms. The predicted molar refractivity (Wildman–Crippen MR) is 55.3 cm³/mol. The average Bonchev–Trinajstić information content (AvgIpc) is 2.71. The van der Waals surface area contributed by atoms with Gasteiger partial charge in [0.1, 0.15) is 0 Å². The Morgan fingerprint density at radius 1 is 1.47 bits per heavy atom. The Hall–Kier alpha value is -1.69. The van der Waals surface area contributed by atoms with Gasteiger partial charge in [-0.25, -0.2) is 9.99 Å². The second-order valence-corrected chi connectivity index (χ2v) is 3.43. The summed E-state index contributed by atoms with van der Waals surface area (Å²) in [6.45, 7) is 1.82. The van der Waals surface area contributed by atoms with E-state index >= 15 is 0 Å². The van der Waals surface area contributed by atoms with Gasteiger partial charge in [-0.15, -0.1) is 0 Å². The van der Waals surface area contributed by atoms with Crippen molar-refractivity contribution < 1.29 is 4.92 Å². The van der Waals surface area contributed by atoms with Crippen LogP contribution in [0.4, 0.5) is 11.5 Å². The number of anilines is 1. The second kappa shape index (κ2) is 4.22. The van der Waals surface area contributed by atoms with Crippen molar-refractivity contribution >= 4 is 11.5 Å². The first kappa shape index (κ1) is 9.85. The van der Waals surface area contributed by atoms with Gasteiger partial charge in [0.15, 0.2) is 0 Å². The van der Waals surface area contributed by atoms with Crippen molar-refractivity contribution in [2.45, 2.75) is 12.8 Å². The van der Waals surface area contributed by atoms with Crippen LogP contribution in [0, 0.1) is 10.1 Å². The van der Waals surface area contributed by atoms with Gasteiger partial charge in [0.25, 0.3) is 0 Å². The Morgan fingerprint density at radius 2 is 2.20 bits per heavy atom. The fourth-order valence-electron chi connectivity index (χ4n) is 1.61.